The molecule has 1 aliphatic rings. The molecule has 2 amide bonds. The predicted octanol–water partition coefficient (Wildman–Crippen LogP) is 2.43. The maximum absolute atomic E-state index is 11.8. The first-order valence-electron chi connectivity index (χ1n) is 8.21. The highest BCUT2D eigenvalue weighted by molar-refractivity contribution is 7.41. The number of unbranched alkanes of at least 4 members (excludes halogenated alkanes) is 3. The number of allylic oxidation sites excluding steroid dienone is 1. The van der Waals surface area contributed by atoms with Crippen LogP contribution in [0.3, 0.4) is 0 Å². The van der Waals surface area contributed by atoms with E-state index in [1.807, 2.05) is 0 Å². The second-order valence-electron chi connectivity index (χ2n) is 5.31. The molecule has 1 unspecified atom stereocenters. The fourth-order valence-corrected chi connectivity index (χ4v) is 2.77. The minimum absolute atomic E-state index is 0.0571. The van der Waals surface area contributed by atoms with Crippen molar-refractivity contribution in [3.8, 4) is 0 Å². The molecule has 0 aliphatic carbocycles. The van der Waals surface area contributed by atoms with Crippen LogP contribution in [-0.4, -0.2) is 50.6 Å². The normalized spacial score (nSPS) is 15.0. The van der Waals surface area contributed by atoms with E-state index in [1.54, 1.807) is 6.08 Å². The molecule has 0 saturated carbocycles. The highest BCUT2D eigenvalue weighted by Gasteiger charge is 2.18. The molecule has 0 aromatic rings. The Morgan fingerprint density at radius 2 is 2.00 bits per heavy atom. The van der Waals surface area contributed by atoms with E-state index in [9.17, 15) is 9.59 Å². The molecule has 1 rings (SSSR count). The zero-order valence-electron chi connectivity index (χ0n) is 14.9. The van der Waals surface area contributed by atoms with E-state index in [1.165, 1.54) is 25.2 Å². The van der Waals surface area contributed by atoms with Crippen LogP contribution in [0.4, 0.5) is 0 Å². The van der Waals surface area contributed by atoms with Crippen molar-refractivity contribution in [2.45, 2.75) is 32.1 Å². The fourth-order valence-electron chi connectivity index (χ4n) is 2.16. The second kappa shape index (κ2) is 13.0. The van der Waals surface area contributed by atoms with Crippen molar-refractivity contribution < 1.29 is 28.2 Å². The van der Waals surface area contributed by atoms with Gasteiger partial charge in [-0.05, 0) is 18.9 Å². The predicted molar refractivity (Wildman–Crippen MR) is 94.1 cm³/mol. The number of hydrogen-bond acceptors (Lipinski definition) is 6. The Kier molecular flexibility index (Phi) is 11.3. The molecule has 0 fully saturated rings. The lowest BCUT2D eigenvalue weighted by Crippen LogP contribution is -2.31. The molecule has 0 spiro atoms. The van der Waals surface area contributed by atoms with Crippen molar-refractivity contribution in [2.24, 2.45) is 0 Å². The third-order valence-electron chi connectivity index (χ3n) is 3.47. The summed E-state index contributed by atoms with van der Waals surface area (Å²) in [4.78, 5) is 29.3. The lowest BCUT2D eigenvalue weighted by molar-refractivity contribution is -0.189. The van der Waals surface area contributed by atoms with Crippen LogP contribution in [0.1, 0.15) is 32.1 Å². The van der Waals surface area contributed by atoms with Crippen molar-refractivity contribution in [1.29, 1.82) is 0 Å². The zero-order chi connectivity index (χ0) is 18.5. The number of hydrogen-bond donors (Lipinski definition) is 1. The molecule has 25 heavy (non-hydrogen) atoms. The van der Waals surface area contributed by atoms with Gasteiger partial charge in [-0.25, -0.2) is 4.89 Å². The average molecular weight is 374 g/mol. The Morgan fingerprint density at radius 1 is 1.24 bits per heavy atom. The molecule has 0 bridgehead atoms. The Hall–Kier alpha value is -1.31. The fraction of sp³-hybridized carbons (Fsp3) is 0.625. The van der Waals surface area contributed by atoms with Gasteiger partial charge >= 0.3 is 8.60 Å². The molecular formula is C16H27N2O6P. The summed E-state index contributed by atoms with van der Waals surface area (Å²) in [6.07, 6.45) is 7.16. The molecule has 142 valence electrons. The van der Waals surface area contributed by atoms with Crippen LogP contribution < -0.4 is 5.32 Å². The molecule has 0 radical (unpaired) electrons. The topological polar surface area (TPSA) is 86.3 Å². The highest BCUT2D eigenvalue weighted by atomic mass is 31.2. The molecule has 1 heterocycles. The van der Waals surface area contributed by atoms with Gasteiger partial charge in [0.25, 0.3) is 5.91 Å². The number of nitrogens with zero attached hydrogens (tertiary/aromatic N) is 1. The maximum atomic E-state index is 11.8. The summed E-state index contributed by atoms with van der Waals surface area (Å²) in [6.45, 7) is 5.29. The van der Waals surface area contributed by atoms with Gasteiger partial charge in [-0.3, -0.25) is 9.59 Å². The van der Waals surface area contributed by atoms with Crippen molar-refractivity contribution in [3.63, 3.8) is 0 Å². The van der Waals surface area contributed by atoms with E-state index in [0.29, 0.717) is 25.4 Å². The van der Waals surface area contributed by atoms with Crippen LogP contribution in [0, 0.1) is 0 Å². The summed E-state index contributed by atoms with van der Waals surface area (Å²) in [5.74, 6) is -0.175. The molecule has 9 heteroatoms. The van der Waals surface area contributed by atoms with Gasteiger partial charge in [0.2, 0.25) is 5.91 Å². The van der Waals surface area contributed by atoms with Crippen LogP contribution in [0.2, 0.25) is 0 Å². The van der Waals surface area contributed by atoms with Gasteiger partial charge in [0.1, 0.15) is 0 Å². The van der Waals surface area contributed by atoms with Crippen LogP contribution >= 0.6 is 8.60 Å². The summed E-state index contributed by atoms with van der Waals surface area (Å²) >= 11 is 0. The number of nitrogens with one attached hydrogen (secondary N) is 1. The molecule has 0 saturated heterocycles. The van der Waals surface area contributed by atoms with Gasteiger partial charge in [-0.1, -0.05) is 19.4 Å². The van der Waals surface area contributed by atoms with E-state index in [2.05, 4.69) is 16.8 Å². The largest absolute Gasteiger partial charge is 0.362 e. The second-order valence-corrected chi connectivity index (χ2v) is 6.53. The number of amides is 2. The van der Waals surface area contributed by atoms with Gasteiger partial charge in [0.15, 0.2) is 0 Å². The van der Waals surface area contributed by atoms with Gasteiger partial charge in [-0.2, -0.15) is 4.67 Å². The molecular weight excluding hydrogens is 347 g/mol. The molecule has 1 aliphatic heterocycles. The Morgan fingerprint density at radius 3 is 2.64 bits per heavy atom. The van der Waals surface area contributed by atoms with E-state index in [-0.39, 0.29) is 18.2 Å². The van der Waals surface area contributed by atoms with Crippen molar-refractivity contribution in [3.05, 3.63) is 24.4 Å². The molecule has 0 aromatic heterocycles. The standard InChI is InChI=1S/C16H27N2O6P/c1-14-8-9-16(20)18(14)12-10-15(19)17-11-6-4-5-7-13-23-25(22-3)24-21-2/h8-9H,1,4-7,10-13H2,2-3H3,(H,17,19). The number of carbonyl (C=O) groups is 2. The summed E-state index contributed by atoms with van der Waals surface area (Å²) < 4.78 is 15.1. The Bertz CT molecular complexity index is 454. The molecule has 0 aromatic carbocycles. The quantitative estimate of drug-likeness (QED) is 0.218. The summed E-state index contributed by atoms with van der Waals surface area (Å²) in [5, 5.41) is 2.86. The maximum Gasteiger partial charge on any atom is 0.362 e. The number of rotatable bonds is 14. The summed E-state index contributed by atoms with van der Waals surface area (Å²) in [5.41, 5.74) is 0.632. The van der Waals surface area contributed by atoms with Gasteiger partial charge < -0.3 is 19.3 Å². The number of carbonyl (C=O) groups excluding carboxylic acids is 2. The molecule has 1 atom stereocenters. The first kappa shape index (κ1) is 21.7. The van der Waals surface area contributed by atoms with E-state index < -0.39 is 8.60 Å². The van der Waals surface area contributed by atoms with Crippen LogP contribution in [0.5, 0.6) is 0 Å². The minimum Gasteiger partial charge on any atom is -0.356 e. The lowest BCUT2D eigenvalue weighted by atomic mass is 10.2. The first-order chi connectivity index (χ1) is 12.1. The first-order valence-corrected chi connectivity index (χ1v) is 9.31. The third-order valence-corrected chi connectivity index (χ3v) is 4.43. The Balaban J connectivity index is 1.94. The van der Waals surface area contributed by atoms with Gasteiger partial charge in [0.05, 0.1) is 13.7 Å². The van der Waals surface area contributed by atoms with E-state index in [0.717, 1.165) is 25.7 Å². The Labute approximate surface area is 150 Å². The SMILES string of the molecule is C=C1C=CC(=O)N1CCC(=O)NCCCCCCOP(OC)OOC. The van der Waals surface area contributed by atoms with Crippen LogP contribution in [0.15, 0.2) is 24.4 Å². The highest BCUT2D eigenvalue weighted by Crippen LogP contribution is 2.38. The third kappa shape index (κ3) is 9.09. The minimum atomic E-state index is -1.43. The summed E-state index contributed by atoms with van der Waals surface area (Å²) in [7, 11) is 1.48. The average Bonchev–Trinajstić information content (AvgIpc) is 2.92. The van der Waals surface area contributed by atoms with Gasteiger partial charge in [-0.15, -0.1) is 0 Å². The zero-order valence-corrected chi connectivity index (χ0v) is 15.8. The van der Waals surface area contributed by atoms with Crippen molar-refractivity contribution >= 4 is 20.4 Å². The smallest absolute Gasteiger partial charge is 0.356 e. The summed E-state index contributed by atoms with van der Waals surface area (Å²) in [6, 6.07) is 0. The van der Waals surface area contributed by atoms with Crippen molar-refractivity contribution in [2.75, 3.05) is 33.9 Å². The molecule has 1 N–H and O–H groups in total. The monoisotopic (exact) mass is 374 g/mol. The van der Waals surface area contributed by atoms with Crippen LogP contribution in [-0.2, 0) is 28.2 Å². The van der Waals surface area contributed by atoms with Crippen molar-refractivity contribution in [1.82, 2.24) is 10.2 Å². The molecule has 8 nitrogen and oxygen atoms in total. The van der Waals surface area contributed by atoms with E-state index >= 15 is 0 Å². The van der Waals surface area contributed by atoms with E-state index in [4.69, 9.17) is 13.7 Å². The van der Waals surface area contributed by atoms with Crippen LogP contribution in [0.25, 0.3) is 0 Å². The van der Waals surface area contributed by atoms with Gasteiger partial charge in [0, 0.05) is 38.4 Å². The lowest BCUT2D eigenvalue weighted by Gasteiger charge is -2.16.